The monoisotopic (exact) mass is 467 g/mol. The number of carbonyl (C=O) groups is 2. The van der Waals surface area contributed by atoms with Crippen LogP contribution in [-0.4, -0.2) is 30.2 Å². The highest BCUT2D eigenvalue weighted by atomic mass is 32.2. The van der Waals surface area contributed by atoms with Crippen molar-refractivity contribution in [2.75, 3.05) is 15.4 Å². The quantitative estimate of drug-likeness (QED) is 0.437. The Morgan fingerprint density at radius 3 is 1.97 bits per heavy atom. The standard InChI is InChI=1S/C23H25N5O4S/c1-3-16(4-2)21(29)26-18-8-6-17(7-9-18)22(30)27-19-10-12-20(13-11-19)33(31,32)28-23-24-14-5-15-25-23/h5-16H,3-4H2,1-2H3,(H,26,29)(H,27,30)(H,24,25,28). The Hall–Kier alpha value is -3.79. The zero-order valence-corrected chi connectivity index (χ0v) is 19.1. The molecule has 0 saturated heterocycles. The molecule has 10 heteroatoms. The minimum absolute atomic E-state index is 0.00510. The highest BCUT2D eigenvalue weighted by Crippen LogP contribution is 2.18. The maximum absolute atomic E-state index is 12.5. The van der Waals surface area contributed by atoms with Crippen LogP contribution >= 0.6 is 0 Å². The summed E-state index contributed by atoms with van der Waals surface area (Å²) >= 11 is 0. The van der Waals surface area contributed by atoms with Crippen molar-refractivity contribution < 1.29 is 18.0 Å². The molecule has 3 rings (SSSR count). The number of hydrogen-bond acceptors (Lipinski definition) is 6. The van der Waals surface area contributed by atoms with Gasteiger partial charge in [-0.05, 0) is 67.4 Å². The summed E-state index contributed by atoms with van der Waals surface area (Å²) in [6.07, 6.45) is 4.38. The molecule has 0 radical (unpaired) electrons. The van der Waals surface area contributed by atoms with Gasteiger partial charge in [-0.3, -0.25) is 9.59 Å². The average Bonchev–Trinajstić information content (AvgIpc) is 2.81. The topological polar surface area (TPSA) is 130 Å². The lowest BCUT2D eigenvalue weighted by atomic mass is 10.0. The first-order valence-corrected chi connectivity index (χ1v) is 11.9. The van der Waals surface area contributed by atoms with Crippen LogP contribution in [0.4, 0.5) is 17.3 Å². The number of amides is 2. The summed E-state index contributed by atoms with van der Waals surface area (Å²) in [5.41, 5.74) is 1.45. The number of benzene rings is 2. The maximum Gasteiger partial charge on any atom is 0.264 e. The second kappa shape index (κ2) is 10.7. The van der Waals surface area contributed by atoms with Crippen LogP contribution in [-0.2, 0) is 14.8 Å². The zero-order chi connectivity index (χ0) is 23.8. The van der Waals surface area contributed by atoms with E-state index in [2.05, 4.69) is 25.3 Å². The Morgan fingerprint density at radius 2 is 1.39 bits per heavy atom. The Bertz CT molecular complexity index is 1190. The third kappa shape index (κ3) is 6.36. The molecule has 2 amide bonds. The van der Waals surface area contributed by atoms with E-state index >= 15 is 0 Å². The van der Waals surface area contributed by atoms with Gasteiger partial charge in [0.05, 0.1) is 4.90 Å². The van der Waals surface area contributed by atoms with Gasteiger partial charge in [0, 0.05) is 35.2 Å². The molecule has 3 N–H and O–H groups in total. The molecule has 2 aromatic carbocycles. The van der Waals surface area contributed by atoms with Crippen molar-refractivity contribution in [2.45, 2.75) is 31.6 Å². The van der Waals surface area contributed by atoms with Crippen molar-refractivity contribution in [3.8, 4) is 0 Å². The lowest BCUT2D eigenvalue weighted by Gasteiger charge is -2.13. The number of sulfonamides is 1. The van der Waals surface area contributed by atoms with Crippen LogP contribution < -0.4 is 15.4 Å². The normalized spacial score (nSPS) is 11.1. The van der Waals surface area contributed by atoms with Crippen molar-refractivity contribution >= 4 is 39.2 Å². The summed E-state index contributed by atoms with van der Waals surface area (Å²) in [6, 6.07) is 13.9. The fourth-order valence-corrected chi connectivity index (χ4v) is 4.02. The Morgan fingerprint density at radius 1 is 0.848 bits per heavy atom. The molecular weight excluding hydrogens is 442 g/mol. The molecule has 1 heterocycles. The first-order chi connectivity index (χ1) is 15.8. The van der Waals surface area contributed by atoms with Crippen molar-refractivity contribution in [1.29, 1.82) is 0 Å². The highest BCUT2D eigenvalue weighted by molar-refractivity contribution is 7.92. The summed E-state index contributed by atoms with van der Waals surface area (Å²) < 4.78 is 27.2. The lowest BCUT2D eigenvalue weighted by Crippen LogP contribution is -2.21. The van der Waals surface area contributed by atoms with Gasteiger partial charge in [-0.25, -0.2) is 23.1 Å². The first kappa shape index (κ1) is 23.9. The zero-order valence-electron chi connectivity index (χ0n) is 18.3. The van der Waals surface area contributed by atoms with E-state index in [4.69, 9.17) is 0 Å². The fraction of sp³-hybridized carbons (Fsp3) is 0.217. The fourth-order valence-electron chi connectivity index (χ4n) is 3.06. The van der Waals surface area contributed by atoms with E-state index in [0.29, 0.717) is 16.9 Å². The second-order valence-electron chi connectivity index (χ2n) is 7.24. The molecule has 0 unspecified atom stereocenters. The van der Waals surface area contributed by atoms with Crippen molar-refractivity contribution in [3.05, 3.63) is 72.6 Å². The number of anilines is 3. The van der Waals surface area contributed by atoms with Gasteiger partial charge in [-0.1, -0.05) is 13.8 Å². The van der Waals surface area contributed by atoms with Gasteiger partial charge < -0.3 is 10.6 Å². The van der Waals surface area contributed by atoms with Crippen LogP contribution in [0.25, 0.3) is 0 Å². The van der Waals surface area contributed by atoms with Gasteiger partial charge in [-0.2, -0.15) is 0 Å². The van der Waals surface area contributed by atoms with Crippen molar-refractivity contribution in [3.63, 3.8) is 0 Å². The van der Waals surface area contributed by atoms with Crippen LogP contribution in [0.3, 0.4) is 0 Å². The van der Waals surface area contributed by atoms with Gasteiger partial charge in [0.25, 0.3) is 15.9 Å². The first-order valence-electron chi connectivity index (χ1n) is 10.4. The molecule has 0 aliphatic rings. The van der Waals surface area contributed by atoms with Crippen molar-refractivity contribution in [1.82, 2.24) is 9.97 Å². The number of nitrogens with one attached hydrogen (secondary N) is 3. The van der Waals surface area contributed by atoms with E-state index < -0.39 is 10.0 Å². The molecule has 0 atom stereocenters. The molecule has 0 aliphatic heterocycles. The van der Waals surface area contributed by atoms with E-state index in [9.17, 15) is 18.0 Å². The molecule has 3 aromatic rings. The van der Waals surface area contributed by atoms with Gasteiger partial charge in [0.15, 0.2) is 0 Å². The largest absolute Gasteiger partial charge is 0.326 e. The smallest absolute Gasteiger partial charge is 0.264 e. The predicted molar refractivity (Wildman–Crippen MR) is 126 cm³/mol. The van der Waals surface area contributed by atoms with Crippen LogP contribution in [0, 0.1) is 5.92 Å². The summed E-state index contributed by atoms with van der Waals surface area (Å²) in [6.45, 7) is 3.94. The number of aromatic nitrogens is 2. The Balaban J connectivity index is 1.62. The van der Waals surface area contributed by atoms with Gasteiger partial charge in [0.1, 0.15) is 0 Å². The minimum atomic E-state index is -3.86. The molecule has 172 valence electrons. The van der Waals surface area contributed by atoms with E-state index in [1.165, 1.54) is 36.7 Å². The summed E-state index contributed by atoms with van der Waals surface area (Å²) in [5.74, 6) is -0.482. The molecule has 9 nitrogen and oxygen atoms in total. The van der Waals surface area contributed by atoms with E-state index in [1.54, 1.807) is 30.3 Å². The lowest BCUT2D eigenvalue weighted by molar-refractivity contribution is -0.120. The molecule has 0 bridgehead atoms. The van der Waals surface area contributed by atoms with Crippen molar-refractivity contribution in [2.24, 2.45) is 5.92 Å². The SMILES string of the molecule is CCC(CC)C(=O)Nc1ccc(C(=O)Nc2ccc(S(=O)(=O)Nc3ncccn3)cc2)cc1. The van der Waals surface area contributed by atoms with Gasteiger partial charge >= 0.3 is 0 Å². The number of carbonyl (C=O) groups excluding carboxylic acids is 2. The van der Waals surface area contributed by atoms with Gasteiger partial charge in [-0.15, -0.1) is 0 Å². The molecule has 0 saturated carbocycles. The number of nitrogens with zero attached hydrogens (tertiary/aromatic N) is 2. The highest BCUT2D eigenvalue weighted by Gasteiger charge is 2.16. The molecule has 33 heavy (non-hydrogen) atoms. The molecule has 0 spiro atoms. The Labute approximate surface area is 192 Å². The van der Waals surface area contributed by atoms with Crippen LogP contribution in [0.1, 0.15) is 37.0 Å². The number of hydrogen-bond donors (Lipinski definition) is 3. The van der Waals surface area contributed by atoms with E-state index in [-0.39, 0.29) is 28.6 Å². The van der Waals surface area contributed by atoms with Crippen LogP contribution in [0.5, 0.6) is 0 Å². The third-order valence-electron chi connectivity index (χ3n) is 4.98. The Kier molecular flexibility index (Phi) is 7.73. The second-order valence-corrected chi connectivity index (χ2v) is 8.92. The average molecular weight is 468 g/mol. The van der Waals surface area contributed by atoms with Crippen LogP contribution in [0.2, 0.25) is 0 Å². The van der Waals surface area contributed by atoms with Crippen LogP contribution in [0.15, 0.2) is 71.9 Å². The maximum atomic E-state index is 12.5. The van der Waals surface area contributed by atoms with Gasteiger partial charge in [0.2, 0.25) is 11.9 Å². The molecule has 0 aliphatic carbocycles. The minimum Gasteiger partial charge on any atom is -0.326 e. The molecular formula is C23H25N5O4S. The summed E-state index contributed by atoms with van der Waals surface area (Å²) in [4.78, 5) is 32.4. The summed E-state index contributed by atoms with van der Waals surface area (Å²) in [7, 11) is -3.86. The predicted octanol–water partition coefficient (Wildman–Crippen LogP) is 3.90. The number of rotatable bonds is 9. The third-order valence-corrected chi connectivity index (χ3v) is 6.33. The molecule has 1 aromatic heterocycles. The van der Waals surface area contributed by atoms with E-state index in [0.717, 1.165) is 12.8 Å². The summed E-state index contributed by atoms with van der Waals surface area (Å²) in [5, 5.41) is 5.57. The van der Waals surface area contributed by atoms with E-state index in [1.807, 2.05) is 13.8 Å². The molecule has 0 fully saturated rings.